The maximum absolute atomic E-state index is 6.14. The number of aliphatic imine (C=N–C) groups is 1. The summed E-state index contributed by atoms with van der Waals surface area (Å²) in [6.45, 7) is 1.35. The lowest BCUT2D eigenvalue weighted by atomic mass is 9.99. The number of ether oxygens (including phenoxy) is 1. The van der Waals surface area contributed by atoms with E-state index in [0.29, 0.717) is 19.2 Å². The molecular weight excluding hydrogens is 364 g/mol. The Labute approximate surface area is 143 Å². The van der Waals surface area contributed by atoms with Crippen molar-refractivity contribution in [1.29, 1.82) is 0 Å². The zero-order valence-corrected chi connectivity index (χ0v) is 14.3. The predicted octanol–water partition coefficient (Wildman–Crippen LogP) is 4.36. The molecule has 5 heteroatoms. The summed E-state index contributed by atoms with van der Waals surface area (Å²) in [6.07, 6.45) is 0.810. The van der Waals surface area contributed by atoms with Crippen LogP contribution < -0.4 is 5.32 Å². The SMILES string of the molecule is Clc1cccc(C(Cc2ccccc2Br)NC2=NCCO2)c1. The van der Waals surface area contributed by atoms with Gasteiger partial charge in [-0.15, -0.1) is 0 Å². The van der Waals surface area contributed by atoms with E-state index in [1.165, 1.54) is 5.56 Å². The van der Waals surface area contributed by atoms with Gasteiger partial charge in [0.15, 0.2) is 0 Å². The lowest BCUT2D eigenvalue weighted by Gasteiger charge is -2.20. The van der Waals surface area contributed by atoms with Crippen LogP contribution in [0.5, 0.6) is 0 Å². The number of amidine groups is 1. The molecule has 0 saturated carbocycles. The van der Waals surface area contributed by atoms with Crippen molar-refractivity contribution in [1.82, 2.24) is 5.32 Å². The second-order valence-electron chi connectivity index (χ2n) is 5.08. The molecule has 0 fully saturated rings. The van der Waals surface area contributed by atoms with Gasteiger partial charge in [-0.3, -0.25) is 0 Å². The molecule has 3 nitrogen and oxygen atoms in total. The fraction of sp³-hybridized carbons (Fsp3) is 0.235. The molecular formula is C17H16BrClN2O. The normalized spacial score (nSPS) is 15.1. The van der Waals surface area contributed by atoms with Gasteiger partial charge in [-0.25, -0.2) is 4.99 Å². The minimum absolute atomic E-state index is 0.0502. The van der Waals surface area contributed by atoms with E-state index in [1.807, 2.05) is 36.4 Å². The first-order chi connectivity index (χ1) is 10.7. The molecule has 0 bridgehead atoms. The second-order valence-corrected chi connectivity index (χ2v) is 6.37. The molecule has 114 valence electrons. The molecule has 3 rings (SSSR count). The molecule has 1 aliphatic heterocycles. The van der Waals surface area contributed by atoms with Gasteiger partial charge < -0.3 is 10.1 Å². The summed E-state index contributed by atoms with van der Waals surface area (Å²) in [5.41, 5.74) is 2.33. The third kappa shape index (κ3) is 3.81. The van der Waals surface area contributed by atoms with Crippen molar-refractivity contribution >= 4 is 33.6 Å². The van der Waals surface area contributed by atoms with E-state index in [4.69, 9.17) is 16.3 Å². The molecule has 1 N–H and O–H groups in total. The first-order valence-corrected chi connectivity index (χ1v) is 8.32. The molecule has 1 aliphatic rings. The highest BCUT2D eigenvalue weighted by molar-refractivity contribution is 9.10. The molecule has 1 heterocycles. The van der Waals surface area contributed by atoms with E-state index >= 15 is 0 Å². The largest absolute Gasteiger partial charge is 0.463 e. The number of hydrogen-bond acceptors (Lipinski definition) is 3. The summed E-state index contributed by atoms with van der Waals surface area (Å²) < 4.78 is 6.59. The number of benzene rings is 2. The van der Waals surface area contributed by atoms with Crippen LogP contribution in [-0.2, 0) is 11.2 Å². The van der Waals surface area contributed by atoms with Crippen molar-refractivity contribution in [2.24, 2.45) is 4.99 Å². The van der Waals surface area contributed by atoms with Gasteiger partial charge in [0.25, 0.3) is 6.02 Å². The van der Waals surface area contributed by atoms with Gasteiger partial charge in [-0.2, -0.15) is 0 Å². The monoisotopic (exact) mass is 378 g/mol. The quantitative estimate of drug-likeness (QED) is 0.856. The number of nitrogens with one attached hydrogen (secondary N) is 1. The molecule has 0 aromatic heterocycles. The predicted molar refractivity (Wildman–Crippen MR) is 93.4 cm³/mol. The molecule has 0 radical (unpaired) electrons. The average molecular weight is 380 g/mol. The van der Waals surface area contributed by atoms with E-state index in [2.05, 4.69) is 38.4 Å². The standard InChI is InChI=1S/C17H16BrClN2O/c18-15-7-2-1-4-12(15)11-16(21-17-20-8-9-22-17)13-5-3-6-14(19)10-13/h1-7,10,16H,8-9,11H2,(H,20,21). The third-order valence-corrected chi connectivity index (χ3v) is 4.52. The first kappa shape index (κ1) is 15.4. The van der Waals surface area contributed by atoms with E-state index < -0.39 is 0 Å². The zero-order valence-electron chi connectivity index (χ0n) is 11.9. The summed E-state index contributed by atoms with van der Waals surface area (Å²) in [5, 5.41) is 4.11. The fourth-order valence-electron chi connectivity index (χ4n) is 2.43. The Morgan fingerprint density at radius 3 is 2.82 bits per heavy atom. The van der Waals surface area contributed by atoms with Crippen LogP contribution in [0.4, 0.5) is 0 Å². The Morgan fingerprint density at radius 2 is 2.09 bits per heavy atom. The Hall–Kier alpha value is -1.52. The zero-order chi connectivity index (χ0) is 15.4. The summed E-state index contributed by atoms with van der Waals surface area (Å²) in [7, 11) is 0. The first-order valence-electron chi connectivity index (χ1n) is 7.15. The maximum Gasteiger partial charge on any atom is 0.285 e. The van der Waals surface area contributed by atoms with Gasteiger partial charge in [0.1, 0.15) is 6.61 Å². The van der Waals surface area contributed by atoms with E-state index in [9.17, 15) is 0 Å². The maximum atomic E-state index is 6.14. The summed E-state index contributed by atoms with van der Waals surface area (Å²) >= 11 is 9.75. The number of hydrogen-bond donors (Lipinski definition) is 1. The van der Waals surface area contributed by atoms with E-state index in [0.717, 1.165) is 21.5 Å². The molecule has 0 spiro atoms. The molecule has 0 aliphatic carbocycles. The van der Waals surface area contributed by atoms with Crippen LogP contribution in [0.25, 0.3) is 0 Å². The van der Waals surface area contributed by atoms with Gasteiger partial charge >= 0.3 is 0 Å². The molecule has 1 atom stereocenters. The average Bonchev–Trinajstić information content (AvgIpc) is 3.02. The molecule has 0 saturated heterocycles. The van der Waals surface area contributed by atoms with Crippen LogP contribution in [0.15, 0.2) is 58.0 Å². The van der Waals surface area contributed by atoms with Gasteiger partial charge in [-0.05, 0) is 35.7 Å². The summed E-state index contributed by atoms with van der Waals surface area (Å²) in [5.74, 6) is 0. The highest BCUT2D eigenvalue weighted by Gasteiger charge is 2.18. The van der Waals surface area contributed by atoms with Crippen molar-refractivity contribution < 1.29 is 4.74 Å². The van der Waals surface area contributed by atoms with Gasteiger partial charge in [0.2, 0.25) is 0 Å². The van der Waals surface area contributed by atoms with Gasteiger partial charge in [0, 0.05) is 9.50 Å². The Morgan fingerprint density at radius 1 is 1.23 bits per heavy atom. The number of halogens is 2. The fourth-order valence-corrected chi connectivity index (χ4v) is 3.08. The number of nitrogens with zero attached hydrogens (tertiary/aromatic N) is 1. The lowest BCUT2D eigenvalue weighted by molar-refractivity contribution is 0.325. The summed E-state index contributed by atoms with van der Waals surface area (Å²) in [6, 6.07) is 16.8. The molecule has 22 heavy (non-hydrogen) atoms. The Bertz CT molecular complexity index is 690. The van der Waals surface area contributed by atoms with E-state index in [-0.39, 0.29) is 6.04 Å². The van der Waals surface area contributed by atoms with Gasteiger partial charge in [0.05, 0.1) is 12.6 Å². The molecule has 2 aromatic carbocycles. The Kier molecular flexibility index (Phi) is 5.01. The third-order valence-electron chi connectivity index (χ3n) is 3.52. The van der Waals surface area contributed by atoms with Crippen LogP contribution in [-0.4, -0.2) is 19.2 Å². The minimum Gasteiger partial charge on any atom is -0.463 e. The lowest BCUT2D eigenvalue weighted by Crippen LogP contribution is -2.30. The van der Waals surface area contributed by atoms with E-state index in [1.54, 1.807) is 0 Å². The van der Waals surface area contributed by atoms with Crippen molar-refractivity contribution in [3.63, 3.8) is 0 Å². The number of rotatable bonds is 4. The van der Waals surface area contributed by atoms with Crippen LogP contribution in [0.2, 0.25) is 5.02 Å². The van der Waals surface area contributed by atoms with Crippen molar-refractivity contribution in [2.45, 2.75) is 12.5 Å². The second kappa shape index (κ2) is 7.16. The van der Waals surface area contributed by atoms with Crippen LogP contribution in [0.3, 0.4) is 0 Å². The molecule has 1 unspecified atom stereocenters. The highest BCUT2D eigenvalue weighted by atomic mass is 79.9. The Balaban J connectivity index is 1.87. The van der Waals surface area contributed by atoms with Crippen LogP contribution in [0.1, 0.15) is 17.2 Å². The molecule has 2 aromatic rings. The highest BCUT2D eigenvalue weighted by Crippen LogP contribution is 2.25. The van der Waals surface area contributed by atoms with Crippen molar-refractivity contribution in [3.05, 3.63) is 69.2 Å². The minimum atomic E-state index is 0.0502. The van der Waals surface area contributed by atoms with Gasteiger partial charge in [-0.1, -0.05) is 57.9 Å². The van der Waals surface area contributed by atoms with Crippen molar-refractivity contribution in [3.8, 4) is 0 Å². The molecule has 0 amide bonds. The summed E-state index contributed by atoms with van der Waals surface area (Å²) in [4.78, 5) is 4.33. The van der Waals surface area contributed by atoms with Crippen LogP contribution in [0, 0.1) is 0 Å². The topological polar surface area (TPSA) is 33.6 Å². The smallest absolute Gasteiger partial charge is 0.285 e. The van der Waals surface area contributed by atoms with Crippen molar-refractivity contribution in [2.75, 3.05) is 13.2 Å². The van der Waals surface area contributed by atoms with Crippen LogP contribution >= 0.6 is 27.5 Å².